The van der Waals surface area contributed by atoms with Crippen LogP contribution in [0.2, 0.25) is 0 Å². The molecule has 0 amide bonds. The van der Waals surface area contributed by atoms with Crippen LogP contribution in [0.5, 0.6) is 0 Å². The van der Waals surface area contributed by atoms with Gasteiger partial charge in [0.25, 0.3) is 0 Å². The first-order valence-corrected chi connectivity index (χ1v) is 5.96. The molecule has 1 aromatic carbocycles. The summed E-state index contributed by atoms with van der Waals surface area (Å²) < 4.78 is 16.0. The molecule has 1 aliphatic rings. The third-order valence-electron chi connectivity index (χ3n) is 3.02. The van der Waals surface area contributed by atoms with Gasteiger partial charge in [-0.3, -0.25) is 0 Å². The van der Waals surface area contributed by atoms with E-state index in [0.717, 1.165) is 5.56 Å². The lowest BCUT2D eigenvalue weighted by molar-refractivity contribution is -0.137. The molecule has 1 fully saturated rings. The van der Waals surface area contributed by atoms with Gasteiger partial charge in [0.15, 0.2) is 6.29 Å². The smallest absolute Gasteiger partial charge is 0.175 e. The number of aliphatic hydroxyl groups excluding tert-OH is 1. The Morgan fingerprint density at radius 2 is 2.06 bits per heavy atom. The van der Waals surface area contributed by atoms with E-state index in [1.54, 1.807) is 0 Å². The lowest BCUT2D eigenvalue weighted by Crippen LogP contribution is -2.41. The van der Waals surface area contributed by atoms with E-state index >= 15 is 0 Å². The predicted octanol–water partition coefficient (Wildman–Crippen LogP) is 0.263. The molecule has 4 atom stereocenters. The predicted molar refractivity (Wildman–Crippen MR) is 65.8 cm³/mol. The van der Waals surface area contributed by atoms with Crippen LogP contribution < -0.4 is 5.73 Å². The highest BCUT2D eigenvalue weighted by molar-refractivity contribution is 5.13. The fourth-order valence-electron chi connectivity index (χ4n) is 1.97. The van der Waals surface area contributed by atoms with Gasteiger partial charge >= 0.3 is 0 Å². The summed E-state index contributed by atoms with van der Waals surface area (Å²) in [7, 11) is 1.50. The van der Waals surface area contributed by atoms with Crippen LogP contribution in [0.4, 0.5) is 0 Å². The molecule has 100 valence electrons. The number of nitrogens with two attached hydrogens (primary N) is 1. The van der Waals surface area contributed by atoms with Crippen molar-refractivity contribution in [3.05, 3.63) is 35.9 Å². The fraction of sp³-hybridized carbons (Fsp3) is 0.538. The number of benzene rings is 1. The number of ether oxygens (including phenoxy) is 3. The molecule has 5 heteroatoms. The molecule has 1 aromatic rings. The maximum Gasteiger partial charge on any atom is 0.175 e. The molecular weight excluding hydrogens is 234 g/mol. The van der Waals surface area contributed by atoms with Gasteiger partial charge in [0.1, 0.15) is 12.2 Å². The van der Waals surface area contributed by atoms with E-state index in [9.17, 15) is 5.11 Å². The van der Waals surface area contributed by atoms with E-state index in [4.69, 9.17) is 19.9 Å². The van der Waals surface area contributed by atoms with Crippen LogP contribution in [0.25, 0.3) is 0 Å². The zero-order chi connectivity index (χ0) is 13.0. The van der Waals surface area contributed by atoms with Crippen LogP contribution in [-0.4, -0.2) is 43.4 Å². The van der Waals surface area contributed by atoms with E-state index in [1.807, 2.05) is 30.3 Å². The Kier molecular flexibility index (Phi) is 4.68. The highest BCUT2D eigenvalue weighted by Crippen LogP contribution is 2.20. The summed E-state index contributed by atoms with van der Waals surface area (Å²) in [6.45, 7) is 0.782. The van der Waals surface area contributed by atoms with Crippen LogP contribution in [0.1, 0.15) is 5.56 Å². The van der Waals surface area contributed by atoms with E-state index < -0.39 is 24.5 Å². The molecule has 1 aliphatic heterocycles. The average Bonchev–Trinajstić information content (AvgIpc) is 2.68. The highest BCUT2D eigenvalue weighted by Gasteiger charge is 2.41. The quantitative estimate of drug-likeness (QED) is 0.787. The van der Waals surface area contributed by atoms with Crippen LogP contribution in [-0.2, 0) is 20.8 Å². The summed E-state index contributed by atoms with van der Waals surface area (Å²) in [6.07, 6.45) is -1.76. The Morgan fingerprint density at radius 1 is 1.33 bits per heavy atom. The largest absolute Gasteiger partial charge is 0.388 e. The number of hydrogen-bond acceptors (Lipinski definition) is 5. The van der Waals surface area contributed by atoms with E-state index in [-0.39, 0.29) is 0 Å². The Bertz CT molecular complexity index is 359. The third kappa shape index (κ3) is 3.07. The van der Waals surface area contributed by atoms with Crippen molar-refractivity contribution in [2.75, 3.05) is 13.7 Å². The van der Waals surface area contributed by atoms with Crippen molar-refractivity contribution in [2.24, 2.45) is 5.73 Å². The molecule has 0 aromatic heterocycles. The average molecular weight is 253 g/mol. The molecule has 0 saturated carbocycles. The SMILES string of the molecule is CO[C@H]1O[C@H](COCc2ccccc2)[C@@H](O)[C@@H]1N. The Morgan fingerprint density at radius 3 is 2.67 bits per heavy atom. The van der Waals surface area contributed by atoms with Crippen molar-refractivity contribution in [1.82, 2.24) is 0 Å². The van der Waals surface area contributed by atoms with Crippen LogP contribution in [0.15, 0.2) is 30.3 Å². The van der Waals surface area contributed by atoms with Crippen molar-refractivity contribution in [1.29, 1.82) is 0 Å². The first-order chi connectivity index (χ1) is 8.72. The molecule has 2 rings (SSSR count). The van der Waals surface area contributed by atoms with Gasteiger partial charge in [0.05, 0.1) is 19.3 Å². The fourth-order valence-corrected chi connectivity index (χ4v) is 1.97. The standard InChI is InChI=1S/C13H19NO4/c1-16-13-11(14)12(15)10(18-13)8-17-7-9-5-3-2-4-6-9/h2-6,10-13,15H,7-8,14H2,1H3/t10-,11+,12-,13+/m1/s1. The number of rotatable bonds is 5. The summed E-state index contributed by atoms with van der Waals surface area (Å²) in [4.78, 5) is 0. The second-order valence-corrected chi connectivity index (χ2v) is 4.35. The van der Waals surface area contributed by atoms with Crippen molar-refractivity contribution in [3.8, 4) is 0 Å². The minimum atomic E-state index is -0.759. The number of aliphatic hydroxyl groups is 1. The molecule has 0 spiro atoms. The zero-order valence-electron chi connectivity index (χ0n) is 10.4. The maximum absolute atomic E-state index is 9.85. The van der Waals surface area contributed by atoms with Crippen molar-refractivity contribution in [3.63, 3.8) is 0 Å². The minimum absolute atomic E-state index is 0.295. The highest BCUT2D eigenvalue weighted by atomic mass is 16.7. The van der Waals surface area contributed by atoms with Gasteiger partial charge in [-0.25, -0.2) is 0 Å². The molecule has 0 radical (unpaired) electrons. The summed E-state index contributed by atoms with van der Waals surface area (Å²) in [5.41, 5.74) is 6.83. The normalized spacial score (nSPS) is 31.7. The van der Waals surface area contributed by atoms with Gasteiger partial charge in [-0.1, -0.05) is 30.3 Å². The van der Waals surface area contributed by atoms with E-state index in [0.29, 0.717) is 13.2 Å². The number of methoxy groups -OCH3 is 1. The second kappa shape index (κ2) is 6.26. The molecule has 0 unspecified atom stereocenters. The van der Waals surface area contributed by atoms with E-state index in [1.165, 1.54) is 7.11 Å². The van der Waals surface area contributed by atoms with Crippen LogP contribution >= 0.6 is 0 Å². The Labute approximate surface area is 106 Å². The third-order valence-corrected chi connectivity index (χ3v) is 3.02. The molecule has 0 aliphatic carbocycles. The summed E-state index contributed by atoms with van der Waals surface area (Å²) in [6, 6.07) is 9.30. The van der Waals surface area contributed by atoms with Crippen molar-refractivity contribution >= 4 is 0 Å². The molecule has 5 nitrogen and oxygen atoms in total. The van der Waals surface area contributed by atoms with Gasteiger partial charge in [0, 0.05) is 7.11 Å². The molecular formula is C13H19NO4. The summed E-state index contributed by atoms with van der Waals surface area (Å²) in [5, 5.41) is 9.85. The van der Waals surface area contributed by atoms with Crippen LogP contribution in [0.3, 0.4) is 0 Å². The Hall–Kier alpha value is -0.980. The zero-order valence-corrected chi connectivity index (χ0v) is 10.4. The topological polar surface area (TPSA) is 73.9 Å². The number of hydrogen-bond donors (Lipinski definition) is 2. The van der Waals surface area contributed by atoms with Gasteiger partial charge in [-0.05, 0) is 5.56 Å². The first kappa shape index (κ1) is 13.5. The van der Waals surface area contributed by atoms with Gasteiger partial charge in [-0.2, -0.15) is 0 Å². The maximum atomic E-state index is 9.85. The summed E-state index contributed by atoms with van der Waals surface area (Å²) in [5.74, 6) is 0. The summed E-state index contributed by atoms with van der Waals surface area (Å²) >= 11 is 0. The van der Waals surface area contributed by atoms with Crippen LogP contribution in [0, 0.1) is 0 Å². The second-order valence-electron chi connectivity index (χ2n) is 4.35. The molecule has 1 heterocycles. The minimum Gasteiger partial charge on any atom is -0.388 e. The van der Waals surface area contributed by atoms with Crippen molar-refractivity contribution < 1.29 is 19.3 Å². The van der Waals surface area contributed by atoms with Gasteiger partial charge in [-0.15, -0.1) is 0 Å². The van der Waals surface area contributed by atoms with E-state index in [2.05, 4.69) is 0 Å². The molecule has 0 bridgehead atoms. The molecule has 18 heavy (non-hydrogen) atoms. The van der Waals surface area contributed by atoms with Gasteiger partial charge in [0.2, 0.25) is 0 Å². The van der Waals surface area contributed by atoms with Crippen molar-refractivity contribution in [2.45, 2.75) is 31.1 Å². The lowest BCUT2D eigenvalue weighted by atomic mass is 10.1. The molecule has 1 saturated heterocycles. The monoisotopic (exact) mass is 253 g/mol. The lowest BCUT2D eigenvalue weighted by Gasteiger charge is -2.14. The first-order valence-electron chi connectivity index (χ1n) is 5.96. The molecule has 3 N–H and O–H groups in total. The Balaban J connectivity index is 1.77. The van der Waals surface area contributed by atoms with Gasteiger partial charge < -0.3 is 25.1 Å².